The van der Waals surface area contributed by atoms with Crippen molar-refractivity contribution in [3.05, 3.63) is 60.9 Å². The quantitative estimate of drug-likeness (QED) is 0.186. The zero-order valence-corrected chi connectivity index (χ0v) is 19.7. The summed E-state index contributed by atoms with van der Waals surface area (Å²) >= 11 is -3.89. The number of fused-ring (bicyclic) bond motifs is 2. The zero-order valence-electron chi connectivity index (χ0n) is 16.4. The summed E-state index contributed by atoms with van der Waals surface area (Å²) in [7, 11) is 3.09. The molecule has 0 fully saturated rings. The van der Waals surface area contributed by atoms with E-state index in [2.05, 4.69) is 20.6 Å². The maximum Gasteiger partial charge on any atom is 0.172 e. The first-order valence-electron chi connectivity index (χ1n) is 9.25. The van der Waals surface area contributed by atoms with Crippen molar-refractivity contribution in [2.45, 2.75) is 9.79 Å². The van der Waals surface area contributed by atoms with Crippen LogP contribution in [0.15, 0.2) is 70.7 Å². The van der Waals surface area contributed by atoms with E-state index in [-0.39, 0.29) is 11.8 Å². The van der Waals surface area contributed by atoms with Crippen molar-refractivity contribution < 1.29 is 17.5 Å². The van der Waals surface area contributed by atoms with Gasteiger partial charge in [-0.1, -0.05) is 21.6 Å². The number of nitrogens with one attached hydrogen (secondary N) is 2. The van der Waals surface area contributed by atoms with Crippen LogP contribution in [0, 0.1) is 0 Å². The summed E-state index contributed by atoms with van der Waals surface area (Å²) < 4.78 is 40.2. The Labute approximate surface area is 197 Å². The molecule has 0 bridgehead atoms. The monoisotopic (exact) mass is 506 g/mol. The van der Waals surface area contributed by atoms with Crippen molar-refractivity contribution in [2.75, 3.05) is 22.4 Å². The average molecular weight is 507 g/mol. The molecule has 2 aromatic heterocycles. The normalized spacial score (nSPS) is 13.2. The van der Waals surface area contributed by atoms with Crippen molar-refractivity contribution in [1.82, 2.24) is 9.97 Å². The molecule has 0 aliphatic heterocycles. The summed E-state index contributed by atoms with van der Waals surface area (Å²) in [6.07, 6.45) is 3.43. The summed E-state index contributed by atoms with van der Waals surface area (Å²) in [6.45, 7) is 0. The Hall–Kier alpha value is -2.22. The fourth-order valence-electron chi connectivity index (χ4n) is 3.11. The lowest BCUT2D eigenvalue weighted by Crippen LogP contribution is -2.07. The number of pyridine rings is 2. The lowest BCUT2D eigenvalue weighted by Gasteiger charge is -2.13. The highest BCUT2D eigenvalue weighted by molar-refractivity contribution is 8.76. The lowest BCUT2D eigenvalue weighted by molar-refractivity contribution is 0.565. The molecule has 0 aliphatic carbocycles. The standard InChI is InChI=1S/C20H18N4O4S4/c25-31(26)11-23-15-5-7-17(19-13(15)3-1-9-21-19)29-30-18-8-6-16(24-12-32(27)28)14-4-2-10-22-20(14)18/h1-10,23-24H,11-12H2,(H,25,26)(H,27,28). The Kier molecular flexibility index (Phi) is 7.60. The van der Waals surface area contributed by atoms with Crippen molar-refractivity contribution in [3.63, 3.8) is 0 Å². The highest BCUT2D eigenvalue weighted by atomic mass is 33.1. The van der Waals surface area contributed by atoms with E-state index in [0.717, 1.165) is 43.0 Å². The molecule has 166 valence electrons. The average Bonchev–Trinajstić information content (AvgIpc) is 2.80. The molecule has 8 nitrogen and oxygen atoms in total. The first-order chi connectivity index (χ1) is 15.5. The summed E-state index contributed by atoms with van der Waals surface area (Å²) in [4.78, 5) is 10.9. The first-order valence-corrected chi connectivity index (χ1v) is 14.0. The van der Waals surface area contributed by atoms with Gasteiger partial charge in [-0.2, -0.15) is 0 Å². The molecule has 2 unspecified atom stereocenters. The second kappa shape index (κ2) is 10.6. The second-order valence-corrected chi connectivity index (χ2v) is 10.5. The molecule has 4 aromatic rings. The third kappa shape index (κ3) is 5.39. The molecule has 2 atom stereocenters. The molecule has 0 radical (unpaired) electrons. The molecule has 0 spiro atoms. The number of hydrogen-bond acceptors (Lipinski definition) is 8. The Morgan fingerprint density at radius 2 is 1.16 bits per heavy atom. The van der Waals surface area contributed by atoms with E-state index in [0.29, 0.717) is 0 Å². The summed E-state index contributed by atoms with van der Waals surface area (Å²) in [5.74, 6) is -0.125. The predicted octanol–water partition coefficient (Wildman–Crippen LogP) is 4.76. The number of benzene rings is 2. The van der Waals surface area contributed by atoms with Crippen LogP contribution in [0.25, 0.3) is 21.8 Å². The Morgan fingerprint density at radius 1 is 0.719 bits per heavy atom. The fraction of sp³-hybridized carbons (Fsp3) is 0.100. The van der Waals surface area contributed by atoms with Gasteiger partial charge < -0.3 is 19.7 Å². The van der Waals surface area contributed by atoms with Gasteiger partial charge in [-0.25, -0.2) is 8.42 Å². The highest BCUT2D eigenvalue weighted by Crippen LogP contribution is 2.44. The maximum atomic E-state index is 11.0. The zero-order chi connectivity index (χ0) is 22.5. The van der Waals surface area contributed by atoms with Crippen LogP contribution in [0.3, 0.4) is 0 Å². The number of aromatic nitrogens is 2. The van der Waals surface area contributed by atoms with Gasteiger partial charge in [-0.3, -0.25) is 9.97 Å². The summed E-state index contributed by atoms with van der Waals surface area (Å²) in [5.41, 5.74) is 3.07. The molecule has 32 heavy (non-hydrogen) atoms. The molecule has 0 aliphatic rings. The largest absolute Gasteiger partial charge is 0.371 e. The van der Waals surface area contributed by atoms with Gasteiger partial charge in [0, 0.05) is 44.3 Å². The van der Waals surface area contributed by atoms with Crippen LogP contribution in [0.2, 0.25) is 0 Å². The summed E-state index contributed by atoms with van der Waals surface area (Å²) in [6, 6.07) is 15.1. The molecule has 4 N–H and O–H groups in total. The number of nitrogens with zero attached hydrogens (tertiary/aromatic N) is 2. The van der Waals surface area contributed by atoms with E-state index in [1.54, 1.807) is 34.0 Å². The second-order valence-electron chi connectivity index (χ2n) is 6.47. The SMILES string of the molecule is O=S(O)CNc1ccc(SSc2ccc(NCS(=O)O)c3cccnc23)c2ncccc12. The number of anilines is 2. The van der Waals surface area contributed by atoms with Crippen LogP contribution in [-0.2, 0) is 22.2 Å². The number of hydrogen-bond donors (Lipinski definition) is 4. The fourth-order valence-corrected chi connectivity index (χ4v) is 5.92. The predicted molar refractivity (Wildman–Crippen MR) is 134 cm³/mol. The molecule has 4 rings (SSSR count). The van der Waals surface area contributed by atoms with Crippen LogP contribution < -0.4 is 10.6 Å². The van der Waals surface area contributed by atoms with Crippen LogP contribution in [0.5, 0.6) is 0 Å². The van der Waals surface area contributed by atoms with Gasteiger partial charge in [0.1, 0.15) is 11.8 Å². The minimum absolute atomic E-state index is 0.0624. The third-order valence-electron chi connectivity index (χ3n) is 4.46. The van der Waals surface area contributed by atoms with Gasteiger partial charge in [0.05, 0.1) is 11.0 Å². The van der Waals surface area contributed by atoms with E-state index < -0.39 is 22.2 Å². The number of rotatable bonds is 9. The van der Waals surface area contributed by atoms with Crippen molar-refractivity contribution in [1.29, 1.82) is 0 Å². The van der Waals surface area contributed by atoms with Gasteiger partial charge >= 0.3 is 0 Å². The van der Waals surface area contributed by atoms with Gasteiger partial charge in [0.2, 0.25) is 0 Å². The Bertz CT molecular complexity index is 1220. The van der Waals surface area contributed by atoms with Gasteiger partial charge in [0.25, 0.3) is 0 Å². The molecule has 2 aromatic carbocycles. The molecule has 2 heterocycles. The minimum atomic E-state index is -1.95. The van der Waals surface area contributed by atoms with Crippen molar-refractivity contribution in [2.24, 2.45) is 0 Å². The van der Waals surface area contributed by atoms with Crippen LogP contribution in [0.1, 0.15) is 0 Å². The third-order valence-corrected chi connectivity index (χ3v) is 7.67. The highest BCUT2D eigenvalue weighted by Gasteiger charge is 2.12. The molecule has 0 amide bonds. The van der Waals surface area contributed by atoms with E-state index in [1.807, 2.05) is 48.5 Å². The molecule has 0 saturated heterocycles. The van der Waals surface area contributed by atoms with Crippen LogP contribution >= 0.6 is 21.6 Å². The van der Waals surface area contributed by atoms with E-state index in [9.17, 15) is 8.42 Å². The van der Waals surface area contributed by atoms with E-state index in [1.165, 1.54) is 0 Å². The van der Waals surface area contributed by atoms with E-state index >= 15 is 0 Å². The Morgan fingerprint density at radius 3 is 1.56 bits per heavy atom. The lowest BCUT2D eigenvalue weighted by atomic mass is 10.2. The maximum absolute atomic E-state index is 11.0. The Balaban J connectivity index is 1.61. The molecule has 0 saturated carbocycles. The van der Waals surface area contributed by atoms with Crippen LogP contribution in [0.4, 0.5) is 11.4 Å². The van der Waals surface area contributed by atoms with Crippen molar-refractivity contribution >= 4 is 76.9 Å². The molecular formula is C20H18N4O4S4. The summed E-state index contributed by atoms with van der Waals surface area (Å²) in [5, 5.41) is 7.68. The smallest absolute Gasteiger partial charge is 0.172 e. The van der Waals surface area contributed by atoms with Gasteiger partial charge in [-0.05, 0) is 48.5 Å². The topological polar surface area (TPSA) is 124 Å². The van der Waals surface area contributed by atoms with Gasteiger partial charge in [-0.15, -0.1) is 0 Å². The minimum Gasteiger partial charge on any atom is -0.371 e. The first kappa shape index (κ1) is 23.0. The van der Waals surface area contributed by atoms with Crippen molar-refractivity contribution in [3.8, 4) is 0 Å². The van der Waals surface area contributed by atoms with Gasteiger partial charge in [0.15, 0.2) is 22.2 Å². The molecular weight excluding hydrogens is 489 g/mol. The van der Waals surface area contributed by atoms with E-state index in [4.69, 9.17) is 9.11 Å². The van der Waals surface area contributed by atoms with Crippen LogP contribution in [-0.4, -0.2) is 39.2 Å². The molecule has 12 heteroatoms.